The Labute approximate surface area is 66.3 Å². The number of rotatable bonds is 1. The first-order chi connectivity index (χ1) is 4.29. The van der Waals surface area contributed by atoms with Crippen molar-refractivity contribution in [1.82, 2.24) is 0 Å². The largest absolute Gasteiger partial charge is 0.446 e. The van der Waals surface area contributed by atoms with Crippen molar-refractivity contribution in [3.63, 3.8) is 0 Å². The van der Waals surface area contributed by atoms with Crippen molar-refractivity contribution < 1.29 is 9.53 Å². The summed E-state index contributed by atoms with van der Waals surface area (Å²) in [6, 6.07) is 0. The van der Waals surface area contributed by atoms with Crippen molar-refractivity contribution in [2.45, 2.75) is 31.8 Å². The molecule has 0 aromatic rings. The summed E-state index contributed by atoms with van der Waals surface area (Å²) in [6.07, 6.45) is 3.78. The molecule has 4 heteroatoms. The standard InChI is InChI=1S/C6H11NO2.ClH/c7-6(8)9-5-3-1-2-4-5;/h5H,1-4H2,(H2,7,8);1H. The van der Waals surface area contributed by atoms with Gasteiger partial charge in [-0.05, 0) is 25.7 Å². The molecule has 1 rings (SSSR count). The molecule has 10 heavy (non-hydrogen) atoms. The van der Waals surface area contributed by atoms with Gasteiger partial charge in [0.05, 0.1) is 0 Å². The van der Waals surface area contributed by atoms with Crippen LogP contribution < -0.4 is 5.73 Å². The van der Waals surface area contributed by atoms with Crippen LogP contribution in [0.15, 0.2) is 0 Å². The second-order valence-corrected chi connectivity index (χ2v) is 2.34. The lowest BCUT2D eigenvalue weighted by Crippen LogP contribution is -2.19. The number of halogens is 1. The Hall–Kier alpha value is -0.440. The molecule has 0 saturated heterocycles. The van der Waals surface area contributed by atoms with E-state index < -0.39 is 6.09 Å². The fourth-order valence-corrected chi connectivity index (χ4v) is 1.17. The Bertz CT molecular complexity index is 112. The van der Waals surface area contributed by atoms with Gasteiger partial charge < -0.3 is 10.5 Å². The number of carbonyl (C=O) groups excluding carboxylic acids is 1. The van der Waals surface area contributed by atoms with Gasteiger partial charge >= 0.3 is 6.09 Å². The molecule has 0 radical (unpaired) electrons. The van der Waals surface area contributed by atoms with E-state index in [4.69, 9.17) is 10.5 Å². The van der Waals surface area contributed by atoms with Crippen molar-refractivity contribution in [1.29, 1.82) is 0 Å². The minimum Gasteiger partial charge on any atom is -0.446 e. The number of ether oxygens (including phenoxy) is 1. The highest BCUT2D eigenvalue weighted by Crippen LogP contribution is 2.20. The predicted molar refractivity (Wildman–Crippen MR) is 40.2 cm³/mol. The number of hydrogen-bond acceptors (Lipinski definition) is 2. The van der Waals surface area contributed by atoms with Gasteiger partial charge in [0.15, 0.2) is 0 Å². The Kier molecular flexibility index (Phi) is 4.19. The van der Waals surface area contributed by atoms with E-state index in [1.807, 2.05) is 0 Å². The van der Waals surface area contributed by atoms with Crippen LogP contribution in [0, 0.1) is 0 Å². The molecule has 60 valence electrons. The summed E-state index contributed by atoms with van der Waals surface area (Å²) in [7, 11) is 0. The number of nitrogens with two attached hydrogens (primary N) is 1. The summed E-state index contributed by atoms with van der Waals surface area (Å²) in [5.74, 6) is 0. The molecule has 1 amide bonds. The summed E-state index contributed by atoms with van der Waals surface area (Å²) in [4.78, 5) is 10.2. The highest BCUT2D eigenvalue weighted by Gasteiger charge is 2.17. The first-order valence-corrected chi connectivity index (χ1v) is 3.25. The lowest BCUT2D eigenvalue weighted by molar-refractivity contribution is 0.110. The molecule has 0 aromatic carbocycles. The fourth-order valence-electron chi connectivity index (χ4n) is 1.17. The minimum atomic E-state index is -0.637. The predicted octanol–water partition coefficient (Wildman–Crippen LogP) is 1.45. The van der Waals surface area contributed by atoms with Crippen LogP contribution in [-0.2, 0) is 4.74 Å². The number of primary amides is 1. The summed E-state index contributed by atoms with van der Waals surface area (Å²) < 4.78 is 4.75. The van der Waals surface area contributed by atoms with Crippen LogP contribution in [0.5, 0.6) is 0 Å². The highest BCUT2D eigenvalue weighted by molar-refractivity contribution is 5.85. The van der Waals surface area contributed by atoms with Crippen LogP contribution in [0.3, 0.4) is 0 Å². The quantitative estimate of drug-likeness (QED) is 0.640. The van der Waals surface area contributed by atoms with E-state index in [9.17, 15) is 4.79 Å². The minimum absolute atomic E-state index is 0. The average molecular weight is 166 g/mol. The van der Waals surface area contributed by atoms with Gasteiger partial charge in [-0.3, -0.25) is 0 Å². The van der Waals surface area contributed by atoms with Crippen LogP contribution in [0.25, 0.3) is 0 Å². The Balaban J connectivity index is 0.000000810. The molecule has 1 saturated carbocycles. The van der Waals surface area contributed by atoms with E-state index in [0.717, 1.165) is 25.7 Å². The Morgan fingerprint density at radius 1 is 1.40 bits per heavy atom. The number of hydrogen-bond donors (Lipinski definition) is 1. The molecule has 0 aliphatic heterocycles. The maximum Gasteiger partial charge on any atom is 0.404 e. The van der Waals surface area contributed by atoms with Crippen LogP contribution in [0.2, 0.25) is 0 Å². The van der Waals surface area contributed by atoms with E-state index in [2.05, 4.69) is 0 Å². The summed E-state index contributed by atoms with van der Waals surface area (Å²) in [5, 5.41) is 0. The third-order valence-corrected chi connectivity index (χ3v) is 1.59. The topological polar surface area (TPSA) is 52.3 Å². The van der Waals surface area contributed by atoms with Crippen LogP contribution in [0.1, 0.15) is 25.7 Å². The molecule has 0 heterocycles. The summed E-state index contributed by atoms with van der Waals surface area (Å²) in [5.41, 5.74) is 4.81. The molecule has 1 aliphatic rings. The van der Waals surface area contributed by atoms with Crippen LogP contribution >= 0.6 is 12.4 Å². The van der Waals surface area contributed by atoms with Crippen LogP contribution in [0.4, 0.5) is 4.79 Å². The third kappa shape index (κ3) is 2.92. The van der Waals surface area contributed by atoms with Gasteiger partial charge in [0, 0.05) is 0 Å². The smallest absolute Gasteiger partial charge is 0.404 e. The van der Waals surface area contributed by atoms with E-state index >= 15 is 0 Å². The fraction of sp³-hybridized carbons (Fsp3) is 0.833. The zero-order valence-corrected chi connectivity index (χ0v) is 6.52. The van der Waals surface area contributed by atoms with Crippen molar-refractivity contribution in [2.24, 2.45) is 5.73 Å². The zero-order chi connectivity index (χ0) is 6.69. The number of amides is 1. The van der Waals surface area contributed by atoms with Crippen molar-refractivity contribution in [3.8, 4) is 0 Å². The molecule has 1 aliphatic carbocycles. The SMILES string of the molecule is Cl.NC(=O)OC1CCCC1. The molecule has 0 unspecified atom stereocenters. The monoisotopic (exact) mass is 165 g/mol. The Morgan fingerprint density at radius 3 is 2.30 bits per heavy atom. The molecule has 0 atom stereocenters. The molecule has 2 N–H and O–H groups in total. The van der Waals surface area contributed by atoms with Gasteiger partial charge in [0.25, 0.3) is 0 Å². The molecule has 0 spiro atoms. The lowest BCUT2D eigenvalue weighted by atomic mass is 10.3. The highest BCUT2D eigenvalue weighted by atomic mass is 35.5. The van der Waals surface area contributed by atoms with Gasteiger partial charge in [-0.25, -0.2) is 4.79 Å². The second kappa shape index (κ2) is 4.39. The molecular formula is C6H12ClNO2. The maximum atomic E-state index is 10.2. The first kappa shape index (κ1) is 9.56. The van der Waals surface area contributed by atoms with Gasteiger partial charge in [-0.15, -0.1) is 12.4 Å². The van der Waals surface area contributed by atoms with Crippen LogP contribution in [-0.4, -0.2) is 12.2 Å². The summed E-state index contributed by atoms with van der Waals surface area (Å²) >= 11 is 0. The van der Waals surface area contributed by atoms with Crippen molar-refractivity contribution in [2.75, 3.05) is 0 Å². The van der Waals surface area contributed by atoms with Gasteiger partial charge in [-0.1, -0.05) is 0 Å². The number of carbonyl (C=O) groups is 1. The molecule has 3 nitrogen and oxygen atoms in total. The first-order valence-electron chi connectivity index (χ1n) is 3.25. The average Bonchev–Trinajstić information content (AvgIpc) is 2.15. The van der Waals surface area contributed by atoms with E-state index in [1.165, 1.54) is 0 Å². The molecule has 0 bridgehead atoms. The van der Waals surface area contributed by atoms with E-state index in [0.29, 0.717) is 0 Å². The molecule has 0 aromatic heterocycles. The molecule has 1 fully saturated rings. The Morgan fingerprint density at radius 2 is 1.90 bits per heavy atom. The third-order valence-electron chi connectivity index (χ3n) is 1.59. The normalized spacial score (nSPS) is 18.0. The summed E-state index contributed by atoms with van der Waals surface area (Å²) in [6.45, 7) is 0. The lowest BCUT2D eigenvalue weighted by Gasteiger charge is -2.06. The van der Waals surface area contributed by atoms with Gasteiger partial charge in [0.2, 0.25) is 0 Å². The zero-order valence-electron chi connectivity index (χ0n) is 5.71. The van der Waals surface area contributed by atoms with E-state index in [-0.39, 0.29) is 18.5 Å². The van der Waals surface area contributed by atoms with Gasteiger partial charge in [-0.2, -0.15) is 0 Å². The van der Waals surface area contributed by atoms with Crippen molar-refractivity contribution in [3.05, 3.63) is 0 Å². The second-order valence-electron chi connectivity index (χ2n) is 2.34. The maximum absolute atomic E-state index is 10.2. The van der Waals surface area contributed by atoms with E-state index in [1.54, 1.807) is 0 Å². The van der Waals surface area contributed by atoms with Crippen molar-refractivity contribution >= 4 is 18.5 Å². The molecular weight excluding hydrogens is 154 g/mol. The van der Waals surface area contributed by atoms with Gasteiger partial charge in [0.1, 0.15) is 6.10 Å².